The van der Waals surface area contributed by atoms with Gasteiger partial charge in [-0.2, -0.15) is 0 Å². The summed E-state index contributed by atoms with van der Waals surface area (Å²) in [5, 5.41) is 0. The number of fused-ring (bicyclic) bond motifs is 40. The minimum Gasteiger partial charge on any atom is -0.0620 e. The van der Waals surface area contributed by atoms with Crippen LogP contribution in [0.1, 0.15) is 20.3 Å². The van der Waals surface area contributed by atoms with Crippen LogP contribution in [0, 0.1) is 178 Å². The Balaban J connectivity index is 0.740. The van der Waals surface area contributed by atoms with Gasteiger partial charge in [-0.1, -0.05) is 13.8 Å². The van der Waals surface area contributed by atoms with Gasteiger partial charge in [0.25, 0.3) is 0 Å². The second-order valence-corrected chi connectivity index (χ2v) is 18.3. The lowest BCUT2D eigenvalue weighted by molar-refractivity contribution is -0.529. The van der Waals surface area contributed by atoms with Crippen LogP contribution in [-0.2, 0) is 0 Å². The predicted molar refractivity (Wildman–Crippen MR) is 121 cm³/mol. The first kappa shape index (κ1) is 15.3. The van der Waals surface area contributed by atoms with Gasteiger partial charge in [0.2, 0.25) is 0 Å². The van der Waals surface area contributed by atoms with E-state index in [2.05, 4.69) is 13.8 Å². The Hall–Kier alpha value is 0. The van der Waals surface area contributed by atoms with Crippen LogP contribution in [-0.4, -0.2) is 0 Å². The first-order chi connectivity index (χ1) is 16.3. The van der Waals surface area contributed by atoms with Gasteiger partial charge in [0.1, 0.15) is 0 Å². The van der Waals surface area contributed by atoms with E-state index in [1.165, 1.54) is 166 Å². The zero-order valence-electron chi connectivity index (χ0n) is 20.0. The van der Waals surface area contributed by atoms with Gasteiger partial charge < -0.3 is 0 Å². The number of hydrogen-bond donors (Lipinski definition) is 0. The van der Waals surface area contributed by atoms with Gasteiger partial charge in [0.05, 0.1) is 0 Å². The van der Waals surface area contributed by atoms with E-state index in [9.17, 15) is 0 Å². The van der Waals surface area contributed by atoms with Crippen LogP contribution in [0.5, 0.6) is 0 Å². The maximum atomic E-state index is 2.62. The predicted octanol–water partition coefficient (Wildman–Crippen LogP) is 5.11. The van der Waals surface area contributed by atoms with Gasteiger partial charge in [0.15, 0.2) is 0 Å². The van der Waals surface area contributed by atoms with Crippen LogP contribution < -0.4 is 0 Å². The third-order valence-corrected chi connectivity index (χ3v) is 20.4. The fraction of sp³-hybridized carbons (Fsp3) is 1.00. The molecule has 0 radical (unpaired) electrons. The van der Waals surface area contributed by atoms with E-state index >= 15 is 0 Å². The molecule has 15 fully saturated rings. The molecule has 0 heteroatoms. The highest BCUT2D eigenvalue weighted by atomic mass is 15.0. The summed E-state index contributed by atoms with van der Waals surface area (Å²) < 4.78 is 0. The smallest absolute Gasteiger partial charge is 0.0312 e. The highest BCUT2D eigenvalue weighted by Gasteiger charge is 2.96. The Morgan fingerprint density at radius 3 is 0.667 bits per heavy atom. The van der Waals surface area contributed by atoms with Gasteiger partial charge in [-0.05, 0) is 184 Å². The zero-order valence-corrected chi connectivity index (χ0v) is 20.0. The fourth-order valence-corrected chi connectivity index (χ4v) is 20.3. The van der Waals surface area contributed by atoms with Gasteiger partial charge >= 0.3 is 0 Å². The molecule has 0 amide bonds. The van der Waals surface area contributed by atoms with Crippen molar-refractivity contribution >= 4 is 0 Å². The Bertz CT molecular complexity index is 1090. The lowest BCUT2D eigenvalue weighted by Gasteiger charge is -2.99. The number of hydrogen-bond acceptors (Lipinski definition) is 0. The molecule has 0 heterocycles. The van der Waals surface area contributed by atoms with Gasteiger partial charge in [-0.15, -0.1) is 0 Å². The zero-order chi connectivity index (χ0) is 20.0. The summed E-state index contributed by atoms with van der Waals surface area (Å²) in [4.78, 5) is 0. The first-order valence-electron chi connectivity index (χ1n) is 16.3. The fourth-order valence-electron chi connectivity index (χ4n) is 20.3. The van der Waals surface area contributed by atoms with Gasteiger partial charge in [0, 0.05) is 0 Å². The van der Waals surface area contributed by atoms with E-state index in [0.29, 0.717) is 0 Å². The van der Waals surface area contributed by atoms with Crippen LogP contribution in [0.4, 0.5) is 0 Å². The Morgan fingerprint density at radius 1 is 0.242 bits per heavy atom. The van der Waals surface area contributed by atoms with Crippen LogP contribution in [0.25, 0.3) is 0 Å². The third-order valence-electron chi connectivity index (χ3n) is 20.4. The molecule has 170 valence electrons. The third kappa shape index (κ3) is 0.951. The molecule has 0 nitrogen and oxygen atoms in total. The van der Waals surface area contributed by atoms with Gasteiger partial charge in [-0.25, -0.2) is 0 Å². The molecule has 33 heavy (non-hydrogen) atoms. The van der Waals surface area contributed by atoms with E-state index in [1.807, 2.05) is 0 Å². The van der Waals surface area contributed by atoms with E-state index in [0.717, 1.165) is 11.8 Å². The average molecular weight is 435 g/mol. The molecule has 15 aliphatic carbocycles. The Morgan fingerprint density at radius 2 is 0.424 bits per heavy atom. The molecule has 0 spiro atoms. The normalized spacial score (nSPS) is 99.1. The van der Waals surface area contributed by atoms with Crippen LogP contribution in [0.3, 0.4) is 0 Å². The lowest BCUT2D eigenvalue weighted by Crippen LogP contribution is -2.96. The molecule has 15 saturated carbocycles. The largest absolute Gasteiger partial charge is 0.0620 e. The van der Waals surface area contributed by atoms with Crippen molar-refractivity contribution in [3.05, 3.63) is 0 Å². The van der Waals surface area contributed by atoms with Crippen molar-refractivity contribution in [2.75, 3.05) is 0 Å². The van der Waals surface area contributed by atoms with Crippen molar-refractivity contribution in [1.29, 1.82) is 0 Å². The van der Waals surface area contributed by atoms with Crippen LogP contribution in [0.15, 0.2) is 0 Å². The molecule has 0 N–H and O–H groups in total. The average Bonchev–Trinajstić information content (AvgIpc) is 3.45. The molecule has 15 rings (SSSR count). The summed E-state index contributed by atoms with van der Waals surface area (Å²) in [7, 11) is 0. The second kappa shape index (κ2) is 3.71. The number of rotatable bonds is 0. The monoisotopic (exact) mass is 434 g/mol. The summed E-state index contributed by atoms with van der Waals surface area (Å²) >= 11 is 0. The molecular formula is C33H38. The molecule has 0 bridgehead atoms. The van der Waals surface area contributed by atoms with Crippen molar-refractivity contribution in [3.63, 3.8) is 0 Å². The quantitative estimate of drug-likeness (QED) is 0.465. The van der Waals surface area contributed by atoms with E-state index in [4.69, 9.17) is 0 Å². The van der Waals surface area contributed by atoms with E-state index in [-0.39, 0.29) is 0 Å². The minimum absolute atomic E-state index is 1.09. The van der Waals surface area contributed by atoms with E-state index in [1.54, 1.807) is 6.42 Å². The minimum atomic E-state index is 1.09. The van der Waals surface area contributed by atoms with E-state index < -0.39 is 0 Å². The second-order valence-electron chi connectivity index (χ2n) is 18.3. The molecule has 0 aromatic carbocycles. The Kier molecular flexibility index (Phi) is 1.72. The first-order valence-corrected chi connectivity index (χ1v) is 16.3. The molecule has 15 aliphatic rings. The summed E-state index contributed by atoms with van der Waals surface area (Å²) in [5.41, 5.74) is 0. The molecule has 0 aliphatic heterocycles. The lowest BCUT2D eigenvalue weighted by atomic mass is 9.05. The van der Waals surface area contributed by atoms with Crippen molar-refractivity contribution in [2.45, 2.75) is 20.3 Å². The van der Waals surface area contributed by atoms with Crippen molar-refractivity contribution in [3.8, 4) is 0 Å². The Labute approximate surface area is 197 Å². The van der Waals surface area contributed by atoms with Crippen LogP contribution in [0.2, 0.25) is 0 Å². The highest BCUT2D eigenvalue weighted by Crippen LogP contribution is 3.00. The van der Waals surface area contributed by atoms with Crippen molar-refractivity contribution < 1.29 is 0 Å². The summed E-state index contributed by atoms with van der Waals surface area (Å²) in [6.45, 7) is 5.23. The van der Waals surface area contributed by atoms with Crippen molar-refractivity contribution in [1.82, 2.24) is 0 Å². The molecule has 0 aromatic rings. The van der Waals surface area contributed by atoms with Gasteiger partial charge in [-0.3, -0.25) is 0 Å². The molecule has 30 unspecified atom stereocenters. The highest BCUT2D eigenvalue weighted by molar-refractivity contribution is 5.43. The van der Waals surface area contributed by atoms with Crippen molar-refractivity contribution in [2.24, 2.45) is 178 Å². The topological polar surface area (TPSA) is 0 Å². The molecule has 30 atom stereocenters. The standard InChI is InChI=1S/C33H38/c1-4-5(2)9-8(4)12-13(9)17-16(12)20-21(17)25-24(20)28-29(25)33-31-27-23-19-15-11-7-3-6(7)10(11)14(15)18(19)22(23)26(27)30(31)32(28)33/h4-33H,3H2,1-2H3. The molecule has 0 saturated heterocycles. The maximum Gasteiger partial charge on any atom is -0.0312 e. The van der Waals surface area contributed by atoms with Crippen LogP contribution >= 0.6 is 0 Å². The SMILES string of the molecule is CC1C(C)C2C1C1C2C2C1C1C2C2C1C1C2C2C3C4C5C6C7C8C9CC9C8C7C6C5C4C3C12. The summed E-state index contributed by atoms with van der Waals surface area (Å²) in [6, 6.07) is 0. The molecule has 0 aromatic heterocycles. The molecular weight excluding hydrogens is 396 g/mol. The maximum absolute atomic E-state index is 2.62. The summed E-state index contributed by atoms with van der Waals surface area (Å²) in [6.07, 6.45) is 1.69. The summed E-state index contributed by atoms with van der Waals surface area (Å²) in [5.74, 6) is 38.6.